The van der Waals surface area contributed by atoms with E-state index in [2.05, 4.69) is 21.2 Å². The summed E-state index contributed by atoms with van der Waals surface area (Å²) in [7, 11) is 6.39. The summed E-state index contributed by atoms with van der Waals surface area (Å²) < 4.78 is 22.7. The van der Waals surface area contributed by atoms with Crippen molar-refractivity contribution in [2.75, 3.05) is 33.8 Å². The molecule has 0 bridgehead atoms. The fourth-order valence-corrected chi connectivity index (χ4v) is 4.39. The molecule has 3 rings (SSSR count). The molecule has 0 saturated heterocycles. The first-order valence-electron chi connectivity index (χ1n) is 10.8. The standard InChI is InChI=1S/C27H27BrClNO5/c1-32-24-15-18(16-25(33-2)27(24)35-4)6-5-17-13-21(28)26(34-3)22(14-17)30-12-11-23(31)19-7-9-20(29)10-8-19/h7-16,30H,5-6H2,1-4H3/b12-11-. The molecule has 35 heavy (non-hydrogen) atoms. The minimum atomic E-state index is -0.134. The second-order valence-corrected chi connectivity index (χ2v) is 8.83. The van der Waals surface area contributed by atoms with Gasteiger partial charge in [0.15, 0.2) is 23.0 Å². The number of methoxy groups -OCH3 is 4. The van der Waals surface area contributed by atoms with E-state index in [1.807, 2.05) is 24.3 Å². The fourth-order valence-electron chi connectivity index (χ4n) is 3.59. The number of nitrogens with one attached hydrogen (secondary N) is 1. The van der Waals surface area contributed by atoms with E-state index in [4.69, 9.17) is 30.5 Å². The van der Waals surface area contributed by atoms with Gasteiger partial charge in [-0.2, -0.15) is 0 Å². The number of ketones is 1. The number of anilines is 1. The molecule has 0 radical (unpaired) electrons. The lowest BCUT2D eigenvalue weighted by molar-refractivity contribution is 0.104. The molecule has 0 heterocycles. The van der Waals surface area contributed by atoms with E-state index in [1.54, 1.807) is 58.9 Å². The second kappa shape index (κ2) is 12.5. The van der Waals surface area contributed by atoms with Gasteiger partial charge in [0.1, 0.15) is 0 Å². The number of halogens is 2. The van der Waals surface area contributed by atoms with E-state index in [0.29, 0.717) is 33.6 Å². The number of hydrogen-bond acceptors (Lipinski definition) is 6. The number of hydrogen-bond donors (Lipinski definition) is 1. The molecule has 0 aliphatic heterocycles. The Morgan fingerprint density at radius 2 is 1.43 bits per heavy atom. The summed E-state index contributed by atoms with van der Waals surface area (Å²) in [6.45, 7) is 0. The first kappa shape index (κ1) is 26.4. The number of ether oxygens (including phenoxy) is 4. The van der Waals surface area contributed by atoms with Crippen LogP contribution in [0.15, 0.2) is 65.3 Å². The van der Waals surface area contributed by atoms with Gasteiger partial charge in [-0.05, 0) is 88.4 Å². The van der Waals surface area contributed by atoms with Gasteiger partial charge in [0.25, 0.3) is 0 Å². The Balaban J connectivity index is 1.77. The van der Waals surface area contributed by atoms with E-state index < -0.39 is 0 Å². The molecule has 0 aliphatic rings. The first-order chi connectivity index (χ1) is 16.9. The van der Waals surface area contributed by atoms with Crippen LogP contribution in [0.3, 0.4) is 0 Å². The summed E-state index contributed by atoms with van der Waals surface area (Å²) in [6.07, 6.45) is 4.58. The maximum absolute atomic E-state index is 12.4. The predicted molar refractivity (Wildman–Crippen MR) is 143 cm³/mol. The minimum Gasteiger partial charge on any atom is -0.493 e. The maximum Gasteiger partial charge on any atom is 0.203 e. The molecule has 8 heteroatoms. The molecule has 6 nitrogen and oxygen atoms in total. The highest BCUT2D eigenvalue weighted by Gasteiger charge is 2.14. The molecule has 184 valence electrons. The Morgan fingerprint density at radius 1 is 0.857 bits per heavy atom. The Kier molecular flexibility index (Phi) is 9.46. The summed E-state index contributed by atoms with van der Waals surface area (Å²) >= 11 is 9.48. The predicted octanol–water partition coefficient (Wildman–Crippen LogP) is 6.73. The zero-order chi connectivity index (χ0) is 25.4. The topological polar surface area (TPSA) is 66.0 Å². The second-order valence-electron chi connectivity index (χ2n) is 7.54. The Morgan fingerprint density at radius 3 is 1.97 bits per heavy atom. The maximum atomic E-state index is 12.4. The highest BCUT2D eigenvalue weighted by atomic mass is 79.9. The summed E-state index contributed by atoms with van der Waals surface area (Å²) in [5.74, 6) is 2.32. The average Bonchev–Trinajstić information content (AvgIpc) is 2.86. The van der Waals surface area contributed by atoms with E-state index in [-0.39, 0.29) is 5.78 Å². The van der Waals surface area contributed by atoms with Crippen LogP contribution >= 0.6 is 27.5 Å². The molecular formula is C27H27BrClNO5. The summed E-state index contributed by atoms with van der Waals surface area (Å²) in [4.78, 5) is 12.4. The van der Waals surface area contributed by atoms with Crippen LogP contribution in [0.4, 0.5) is 5.69 Å². The van der Waals surface area contributed by atoms with Crippen LogP contribution in [-0.4, -0.2) is 34.2 Å². The number of benzene rings is 3. The molecule has 0 aromatic heterocycles. The Labute approximate surface area is 218 Å². The molecule has 0 saturated carbocycles. The fraction of sp³-hybridized carbons (Fsp3) is 0.222. The molecule has 0 spiro atoms. The van der Waals surface area contributed by atoms with E-state index in [9.17, 15) is 4.79 Å². The summed E-state index contributed by atoms with van der Waals surface area (Å²) in [6, 6.07) is 14.7. The molecule has 0 aliphatic carbocycles. The lowest BCUT2D eigenvalue weighted by Gasteiger charge is -2.15. The van der Waals surface area contributed by atoms with Crippen molar-refractivity contribution in [2.45, 2.75) is 12.8 Å². The molecule has 0 fully saturated rings. The zero-order valence-electron chi connectivity index (χ0n) is 20.0. The number of rotatable bonds is 11. The molecule has 0 atom stereocenters. The molecule has 1 N–H and O–H groups in total. The summed E-state index contributed by atoms with van der Waals surface area (Å²) in [5.41, 5.74) is 3.42. The Bertz CT molecular complexity index is 1190. The molecule has 0 unspecified atom stereocenters. The van der Waals surface area contributed by atoms with Gasteiger partial charge in [0.05, 0.1) is 38.6 Å². The van der Waals surface area contributed by atoms with Crippen LogP contribution < -0.4 is 24.3 Å². The monoisotopic (exact) mass is 559 g/mol. The smallest absolute Gasteiger partial charge is 0.203 e. The van der Waals surface area contributed by atoms with Crippen molar-refractivity contribution >= 4 is 39.0 Å². The molecule has 3 aromatic carbocycles. The molecule has 0 amide bonds. The highest BCUT2D eigenvalue weighted by molar-refractivity contribution is 9.10. The quantitative estimate of drug-likeness (QED) is 0.207. The van der Waals surface area contributed by atoms with Crippen LogP contribution in [0.5, 0.6) is 23.0 Å². The number of allylic oxidation sites excluding steroid dienone is 1. The lowest BCUT2D eigenvalue weighted by atomic mass is 10.0. The van der Waals surface area contributed by atoms with Crippen LogP contribution in [0.2, 0.25) is 5.02 Å². The molecular weight excluding hydrogens is 534 g/mol. The zero-order valence-corrected chi connectivity index (χ0v) is 22.3. The van der Waals surface area contributed by atoms with E-state index in [1.165, 1.54) is 6.08 Å². The third kappa shape index (κ3) is 6.71. The highest BCUT2D eigenvalue weighted by Crippen LogP contribution is 2.39. The van der Waals surface area contributed by atoms with Gasteiger partial charge < -0.3 is 24.3 Å². The van der Waals surface area contributed by atoms with Gasteiger partial charge in [-0.3, -0.25) is 4.79 Å². The third-order valence-corrected chi connectivity index (χ3v) is 6.18. The number of carbonyl (C=O) groups excluding carboxylic acids is 1. The molecule has 3 aromatic rings. The van der Waals surface area contributed by atoms with Crippen LogP contribution in [0.25, 0.3) is 0 Å². The van der Waals surface area contributed by atoms with E-state index >= 15 is 0 Å². The van der Waals surface area contributed by atoms with Gasteiger partial charge >= 0.3 is 0 Å². The van der Waals surface area contributed by atoms with Crippen molar-refractivity contribution in [1.82, 2.24) is 0 Å². The normalized spacial score (nSPS) is 10.8. The van der Waals surface area contributed by atoms with E-state index in [0.717, 1.165) is 34.1 Å². The SMILES string of the molecule is COc1cc(CCc2cc(Br)c(OC)c(N/C=C\C(=O)c3ccc(Cl)cc3)c2)cc(OC)c1OC. The van der Waals surface area contributed by atoms with Gasteiger partial charge in [0.2, 0.25) is 5.75 Å². The number of carbonyl (C=O) groups is 1. The summed E-state index contributed by atoms with van der Waals surface area (Å²) in [5, 5.41) is 3.75. The van der Waals surface area contributed by atoms with Gasteiger partial charge in [0, 0.05) is 22.9 Å². The van der Waals surface area contributed by atoms with Gasteiger partial charge in [-0.1, -0.05) is 11.6 Å². The van der Waals surface area contributed by atoms with Crippen LogP contribution in [0.1, 0.15) is 21.5 Å². The Hall–Kier alpha value is -3.16. The van der Waals surface area contributed by atoms with Crippen molar-refractivity contribution in [3.63, 3.8) is 0 Å². The van der Waals surface area contributed by atoms with Gasteiger partial charge in [-0.15, -0.1) is 0 Å². The van der Waals surface area contributed by atoms with Crippen molar-refractivity contribution < 1.29 is 23.7 Å². The lowest BCUT2D eigenvalue weighted by Crippen LogP contribution is -2.01. The van der Waals surface area contributed by atoms with Crippen molar-refractivity contribution in [3.05, 3.63) is 87.0 Å². The number of aryl methyl sites for hydroxylation is 2. The minimum absolute atomic E-state index is 0.134. The largest absolute Gasteiger partial charge is 0.493 e. The van der Waals surface area contributed by atoms with Crippen LogP contribution in [-0.2, 0) is 12.8 Å². The first-order valence-corrected chi connectivity index (χ1v) is 12.0. The van der Waals surface area contributed by atoms with Crippen molar-refractivity contribution in [2.24, 2.45) is 0 Å². The van der Waals surface area contributed by atoms with Crippen molar-refractivity contribution in [3.8, 4) is 23.0 Å². The van der Waals surface area contributed by atoms with Crippen LogP contribution in [0, 0.1) is 0 Å². The van der Waals surface area contributed by atoms with Gasteiger partial charge in [-0.25, -0.2) is 0 Å². The average molecular weight is 561 g/mol. The van der Waals surface area contributed by atoms with Crippen molar-refractivity contribution in [1.29, 1.82) is 0 Å². The third-order valence-electron chi connectivity index (χ3n) is 5.34.